The van der Waals surface area contributed by atoms with E-state index in [4.69, 9.17) is 9.47 Å². The van der Waals surface area contributed by atoms with Crippen LogP contribution in [0.2, 0.25) is 0 Å². The van der Waals surface area contributed by atoms with E-state index < -0.39 is 34.0 Å². The third-order valence-corrected chi connectivity index (χ3v) is 6.20. The summed E-state index contributed by atoms with van der Waals surface area (Å²) in [6, 6.07) is 4.79. The number of benzene rings is 1. The molecule has 1 aliphatic heterocycles. The van der Waals surface area contributed by atoms with Gasteiger partial charge in [0.1, 0.15) is 17.8 Å². The van der Waals surface area contributed by atoms with Crippen LogP contribution >= 0.6 is 0 Å². The quantitative estimate of drug-likeness (QED) is 0.560. The monoisotopic (exact) mass is 441 g/mol. The summed E-state index contributed by atoms with van der Waals surface area (Å²) >= 11 is 0. The number of carbonyl (C=O) groups is 3. The van der Waals surface area contributed by atoms with Gasteiger partial charge < -0.3 is 19.7 Å². The number of piperazine rings is 1. The van der Waals surface area contributed by atoms with Crippen molar-refractivity contribution in [2.24, 2.45) is 0 Å². The van der Waals surface area contributed by atoms with Gasteiger partial charge in [-0.2, -0.15) is 4.31 Å². The zero-order valence-electron chi connectivity index (χ0n) is 17.5. The molecule has 1 aromatic rings. The Balaban J connectivity index is 2.22. The van der Waals surface area contributed by atoms with Gasteiger partial charge in [-0.3, -0.25) is 9.59 Å². The molecule has 2 rings (SSSR count). The highest BCUT2D eigenvalue weighted by Gasteiger charge is 2.39. The van der Waals surface area contributed by atoms with E-state index in [1.54, 1.807) is 24.3 Å². The summed E-state index contributed by atoms with van der Waals surface area (Å²) in [6.07, 6.45) is 1.15. The second-order valence-electron chi connectivity index (χ2n) is 6.99. The first kappa shape index (κ1) is 23.6. The molecule has 0 aromatic heterocycles. The van der Waals surface area contributed by atoms with E-state index in [2.05, 4.69) is 5.32 Å². The van der Waals surface area contributed by atoms with Crippen LogP contribution in [-0.2, 0) is 35.6 Å². The van der Waals surface area contributed by atoms with Gasteiger partial charge >= 0.3 is 5.97 Å². The summed E-state index contributed by atoms with van der Waals surface area (Å²) in [5, 5.41) is 2.59. The molecule has 2 unspecified atom stereocenters. The lowest BCUT2D eigenvalue weighted by atomic mass is 10.0. The number of carbonyl (C=O) groups excluding carboxylic acids is 3. The van der Waals surface area contributed by atoms with Crippen molar-refractivity contribution in [2.45, 2.75) is 25.4 Å². The van der Waals surface area contributed by atoms with Crippen LogP contribution in [0, 0.1) is 0 Å². The lowest BCUT2D eigenvalue weighted by Gasteiger charge is -2.39. The molecule has 11 heteroatoms. The molecule has 1 heterocycles. The van der Waals surface area contributed by atoms with E-state index in [9.17, 15) is 22.8 Å². The highest BCUT2D eigenvalue weighted by atomic mass is 32.2. The molecule has 10 nitrogen and oxygen atoms in total. The SMILES string of the molecule is COC(=O)C(Cc1ccc(OC)cc1)NC(=O)C1CN(C(C)=O)CCN1S(C)(=O)=O. The molecule has 2 amide bonds. The summed E-state index contributed by atoms with van der Waals surface area (Å²) in [5.74, 6) is -0.948. The van der Waals surface area contributed by atoms with Gasteiger partial charge in [0.15, 0.2) is 0 Å². The van der Waals surface area contributed by atoms with Crippen molar-refractivity contribution in [2.75, 3.05) is 40.1 Å². The predicted molar refractivity (Wildman–Crippen MR) is 108 cm³/mol. The lowest BCUT2D eigenvalue weighted by Crippen LogP contribution is -2.62. The Morgan fingerprint density at radius 1 is 1.17 bits per heavy atom. The average molecular weight is 442 g/mol. The first-order chi connectivity index (χ1) is 14.1. The normalized spacial score (nSPS) is 18.4. The number of esters is 1. The van der Waals surface area contributed by atoms with Gasteiger partial charge in [0.05, 0.1) is 20.5 Å². The molecular formula is C19H27N3O7S. The largest absolute Gasteiger partial charge is 0.497 e. The minimum absolute atomic E-state index is 0.00211. The number of rotatable bonds is 7. The number of sulfonamides is 1. The number of methoxy groups -OCH3 is 2. The minimum atomic E-state index is -3.69. The van der Waals surface area contributed by atoms with E-state index in [0.29, 0.717) is 5.75 Å². The minimum Gasteiger partial charge on any atom is -0.497 e. The Labute approximate surface area is 176 Å². The molecule has 2 atom stereocenters. The standard InChI is InChI=1S/C19H27N3O7S/c1-13(23)21-9-10-22(30(4,26)27)17(12-21)18(24)20-16(19(25)29-3)11-14-5-7-15(28-2)8-6-14/h5-8,16-17H,9-12H2,1-4H3,(H,20,24). The van der Waals surface area contributed by atoms with Crippen molar-refractivity contribution in [3.05, 3.63) is 29.8 Å². The van der Waals surface area contributed by atoms with Crippen LogP contribution in [0.4, 0.5) is 0 Å². The molecular weight excluding hydrogens is 414 g/mol. The third-order valence-electron chi connectivity index (χ3n) is 4.91. The fourth-order valence-electron chi connectivity index (χ4n) is 3.26. The predicted octanol–water partition coefficient (Wildman–Crippen LogP) is -0.612. The summed E-state index contributed by atoms with van der Waals surface area (Å²) < 4.78 is 35.2. The van der Waals surface area contributed by atoms with Gasteiger partial charge in [-0.25, -0.2) is 13.2 Å². The van der Waals surface area contributed by atoms with Crippen LogP contribution in [0.25, 0.3) is 0 Å². The topological polar surface area (TPSA) is 122 Å². The first-order valence-corrected chi connectivity index (χ1v) is 11.1. The van der Waals surface area contributed by atoms with E-state index in [1.807, 2.05) is 0 Å². The Kier molecular flexibility index (Phi) is 7.79. The average Bonchev–Trinajstić information content (AvgIpc) is 2.71. The molecule has 30 heavy (non-hydrogen) atoms. The van der Waals surface area contributed by atoms with Crippen molar-refractivity contribution in [3.8, 4) is 5.75 Å². The van der Waals surface area contributed by atoms with E-state index in [-0.39, 0.29) is 32.0 Å². The molecule has 0 bridgehead atoms. The molecule has 1 fully saturated rings. The van der Waals surface area contributed by atoms with Gasteiger partial charge in [0, 0.05) is 33.0 Å². The maximum absolute atomic E-state index is 13.0. The van der Waals surface area contributed by atoms with Gasteiger partial charge in [-0.1, -0.05) is 12.1 Å². The number of nitrogens with one attached hydrogen (secondary N) is 1. The van der Waals surface area contributed by atoms with Gasteiger partial charge in [-0.05, 0) is 17.7 Å². The maximum Gasteiger partial charge on any atom is 0.328 e. The Bertz CT molecular complexity index is 886. The number of hydrogen-bond donors (Lipinski definition) is 1. The molecule has 0 saturated carbocycles. The fourth-order valence-corrected chi connectivity index (χ4v) is 4.30. The third kappa shape index (κ3) is 5.92. The number of amides is 2. The van der Waals surface area contributed by atoms with Gasteiger partial charge in [0.2, 0.25) is 21.8 Å². The van der Waals surface area contributed by atoms with Crippen molar-refractivity contribution in [1.82, 2.24) is 14.5 Å². The molecule has 1 saturated heterocycles. The molecule has 0 aliphatic carbocycles. The Hall–Kier alpha value is -2.66. The van der Waals surface area contributed by atoms with Gasteiger partial charge in [-0.15, -0.1) is 0 Å². The molecule has 1 aromatic carbocycles. The lowest BCUT2D eigenvalue weighted by molar-refractivity contribution is -0.146. The molecule has 1 aliphatic rings. The Morgan fingerprint density at radius 3 is 2.30 bits per heavy atom. The number of ether oxygens (including phenoxy) is 2. The molecule has 0 spiro atoms. The maximum atomic E-state index is 13.0. The zero-order chi connectivity index (χ0) is 22.5. The zero-order valence-corrected chi connectivity index (χ0v) is 18.3. The van der Waals surface area contributed by atoms with Crippen molar-refractivity contribution >= 4 is 27.8 Å². The van der Waals surface area contributed by atoms with Crippen LogP contribution in [-0.4, -0.2) is 87.6 Å². The summed E-state index contributed by atoms with van der Waals surface area (Å²) in [7, 11) is -0.952. The summed E-state index contributed by atoms with van der Waals surface area (Å²) in [6.45, 7) is 1.45. The van der Waals surface area contributed by atoms with E-state index in [1.165, 1.54) is 26.0 Å². The van der Waals surface area contributed by atoms with Gasteiger partial charge in [0.25, 0.3) is 0 Å². The van der Waals surface area contributed by atoms with E-state index >= 15 is 0 Å². The molecule has 166 valence electrons. The van der Waals surface area contributed by atoms with Crippen LogP contribution < -0.4 is 10.1 Å². The number of nitrogens with zero attached hydrogens (tertiary/aromatic N) is 2. The van der Waals surface area contributed by atoms with Crippen molar-refractivity contribution in [1.29, 1.82) is 0 Å². The highest BCUT2D eigenvalue weighted by molar-refractivity contribution is 7.88. The molecule has 0 radical (unpaired) electrons. The van der Waals surface area contributed by atoms with Crippen LogP contribution in [0.5, 0.6) is 5.75 Å². The Morgan fingerprint density at radius 2 is 1.80 bits per heavy atom. The molecule has 1 N–H and O–H groups in total. The van der Waals surface area contributed by atoms with Crippen LogP contribution in [0.15, 0.2) is 24.3 Å². The summed E-state index contributed by atoms with van der Waals surface area (Å²) in [5.41, 5.74) is 0.750. The van der Waals surface area contributed by atoms with Crippen LogP contribution in [0.3, 0.4) is 0 Å². The summed E-state index contributed by atoms with van der Waals surface area (Å²) in [4.78, 5) is 38.4. The van der Waals surface area contributed by atoms with Crippen molar-refractivity contribution < 1.29 is 32.3 Å². The first-order valence-electron chi connectivity index (χ1n) is 9.30. The second-order valence-corrected chi connectivity index (χ2v) is 8.93. The second kappa shape index (κ2) is 9.90. The highest BCUT2D eigenvalue weighted by Crippen LogP contribution is 2.16. The van der Waals surface area contributed by atoms with E-state index in [0.717, 1.165) is 16.1 Å². The smallest absolute Gasteiger partial charge is 0.328 e. The van der Waals surface area contributed by atoms with Crippen molar-refractivity contribution in [3.63, 3.8) is 0 Å². The fraction of sp³-hybridized carbons (Fsp3) is 0.526. The number of hydrogen-bond acceptors (Lipinski definition) is 7. The van der Waals surface area contributed by atoms with Crippen LogP contribution in [0.1, 0.15) is 12.5 Å².